The van der Waals surface area contributed by atoms with Crippen molar-refractivity contribution in [1.82, 2.24) is 0 Å². The van der Waals surface area contributed by atoms with Gasteiger partial charge in [0.25, 0.3) is 0 Å². The fourth-order valence-electron chi connectivity index (χ4n) is 9.45. The summed E-state index contributed by atoms with van der Waals surface area (Å²) in [4.78, 5) is 48.8. The first-order valence-electron chi connectivity index (χ1n) is 33.2. The average molecular weight is 1150 g/mol. The first-order chi connectivity index (χ1) is 39.2. The van der Waals surface area contributed by atoms with Crippen LogP contribution in [0.4, 0.5) is 0 Å². The maximum atomic E-state index is 13.0. The molecule has 0 saturated heterocycles. The molecule has 0 fully saturated rings. The van der Waals surface area contributed by atoms with Gasteiger partial charge in [0.1, 0.15) is 12.7 Å². The molecule has 0 aliphatic heterocycles. The fourth-order valence-corrected chi connectivity index (χ4v) is 10.2. The van der Waals surface area contributed by atoms with E-state index in [2.05, 4.69) is 81.5 Å². The highest BCUT2D eigenvalue weighted by Crippen LogP contribution is 2.43. The summed E-state index contributed by atoms with van der Waals surface area (Å²) in [5, 5.41) is 9.86. The summed E-state index contributed by atoms with van der Waals surface area (Å²) in [5.74, 6) is -1.48. The van der Waals surface area contributed by atoms with Crippen molar-refractivity contribution in [3.63, 3.8) is 0 Å². The van der Waals surface area contributed by atoms with E-state index in [-0.39, 0.29) is 25.9 Å². The largest absolute Gasteiger partial charge is 0.472 e. The highest BCUT2D eigenvalue weighted by Gasteiger charge is 2.28. The van der Waals surface area contributed by atoms with Gasteiger partial charge in [0.05, 0.1) is 19.8 Å². The topological polar surface area (TPSA) is 155 Å². The lowest BCUT2D eigenvalue weighted by molar-refractivity contribution is -0.161. The molecule has 12 heteroatoms. The molecule has 2 N–H and O–H groups in total. The summed E-state index contributed by atoms with van der Waals surface area (Å²) < 4.78 is 39.7. The Kier molecular flexibility index (Phi) is 60.0. The number of unbranched alkanes of at least 4 members (excludes halogenated alkanes) is 35. The van der Waals surface area contributed by atoms with Crippen molar-refractivity contribution in [2.24, 2.45) is 0 Å². The Bertz CT molecular complexity index is 1570. The highest BCUT2D eigenvalue weighted by molar-refractivity contribution is 7.47. The van der Waals surface area contributed by atoms with Crippen LogP contribution >= 0.6 is 7.82 Å². The molecule has 80 heavy (non-hydrogen) atoms. The molecule has 0 heterocycles. The van der Waals surface area contributed by atoms with E-state index in [1.54, 1.807) is 0 Å². The molecule has 0 saturated carbocycles. The van der Waals surface area contributed by atoms with E-state index in [1.165, 1.54) is 167 Å². The number of aliphatic hydroxyl groups is 1. The van der Waals surface area contributed by atoms with Crippen molar-refractivity contribution >= 4 is 25.7 Å². The number of rotatable bonds is 62. The van der Waals surface area contributed by atoms with Gasteiger partial charge in [-0.2, -0.15) is 0 Å². The Balaban J connectivity index is 4.72. The van der Waals surface area contributed by atoms with Crippen molar-refractivity contribution in [2.45, 2.75) is 328 Å². The Hall–Kier alpha value is -2.82. The zero-order valence-corrected chi connectivity index (χ0v) is 52.7. The maximum Gasteiger partial charge on any atom is 0.472 e. The van der Waals surface area contributed by atoms with E-state index in [9.17, 15) is 28.9 Å². The normalized spacial score (nSPS) is 13.6. The lowest BCUT2D eigenvalue weighted by atomic mass is 10.0. The van der Waals surface area contributed by atoms with E-state index < -0.39 is 57.8 Å². The summed E-state index contributed by atoms with van der Waals surface area (Å²) >= 11 is 0. The molecule has 3 unspecified atom stereocenters. The second-order valence-electron chi connectivity index (χ2n) is 22.3. The van der Waals surface area contributed by atoms with E-state index in [0.717, 1.165) is 89.9 Å². The van der Waals surface area contributed by atoms with E-state index in [0.29, 0.717) is 19.3 Å². The molecular weight excluding hydrogens is 1020 g/mol. The third kappa shape index (κ3) is 59.8. The van der Waals surface area contributed by atoms with Crippen LogP contribution < -0.4 is 0 Å². The van der Waals surface area contributed by atoms with Crippen LogP contribution in [0.25, 0.3) is 0 Å². The first kappa shape index (κ1) is 77.2. The minimum absolute atomic E-state index is 0.164. The molecule has 0 aromatic rings. The number of esters is 3. The third-order valence-corrected chi connectivity index (χ3v) is 15.4. The van der Waals surface area contributed by atoms with Gasteiger partial charge in [0, 0.05) is 19.3 Å². The lowest BCUT2D eigenvalue weighted by Crippen LogP contribution is -2.30. The Morgan fingerprint density at radius 2 is 0.650 bits per heavy atom. The molecule has 0 aliphatic rings. The molecule has 0 aromatic heterocycles. The van der Waals surface area contributed by atoms with Gasteiger partial charge in [0.2, 0.25) is 0 Å². The predicted molar refractivity (Wildman–Crippen MR) is 335 cm³/mol. The summed E-state index contributed by atoms with van der Waals surface area (Å²) in [6.45, 7) is 4.57. The van der Waals surface area contributed by atoms with Crippen molar-refractivity contribution in [3.8, 4) is 0 Å². The maximum absolute atomic E-state index is 13.0. The van der Waals surface area contributed by atoms with Crippen LogP contribution in [0.15, 0.2) is 60.8 Å². The molecule has 0 radical (unpaired) electrons. The second kappa shape index (κ2) is 62.2. The van der Waals surface area contributed by atoms with Crippen LogP contribution in [-0.4, -0.2) is 66.5 Å². The van der Waals surface area contributed by atoms with Crippen LogP contribution in [0.3, 0.4) is 0 Å². The Morgan fingerprint density at radius 1 is 0.362 bits per heavy atom. The molecule has 11 nitrogen and oxygen atoms in total. The number of ether oxygens (including phenoxy) is 3. The lowest BCUT2D eigenvalue weighted by Gasteiger charge is -2.21. The molecule has 466 valence electrons. The highest BCUT2D eigenvalue weighted by atomic mass is 31.2. The molecule has 0 spiro atoms. The van der Waals surface area contributed by atoms with Gasteiger partial charge in [-0.25, -0.2) is 4.57 Å². The standard InChI is InChI=1S/C68H123O11P/c1-4-7-10-13-16-19-22-25-28-30-32-34-37-39-42-45-48-51-54-57-66(70)75-61-65(79-68(72)59-56-53-50-47-44-41-38-35-33-31-29-26-23-20-17-14-11-8-5-2)63-77-80(73,74)76-62-64(60-69)78-67(71)58-55-52-49-46-43-40-36-27-24-21-18-15-12-9-6-3/h7,10,16,19,25,28,32,34,39,42,64-65,69H,4-6,8-9,11-15,17-18,20-24,26-27,29-31,33,35-38,40-41,43-63H2,1-3H3,(H,73,74)/b10-7-,19-16-,28-25-,34-32-,42-39-. The van der Waals surface area contributed by atoms with E-state index in [4.69, 9.17) is 23.3 Å². The van der Waals surface area contributed by atoms with Gasteiger partial charge >= 0.3 is 25.7 Å². The monoisotopic (exact) mass is 1150 g/mol. The van der Waals surface area contributed by atoms with Crippen molar-refractivity contribution < 1.29 is 52.2 Å². The average Bonchev–Trinajstić information content (AvgIpc) is 3.45. The third-order valence-electron chi connectivity index (χ3n) is 14.5. The number of aliphatic hydroxyl groups excluding tert-OH is 1. The van der Waals surface area contributed by atoms with Gasteiger partial charge in [-0.1, -0.05) is 293 Å². The van der Waals surface area contributed by atoms with Crippen molar-refractivity contribution in [3.05, 3.63) is 60.8 Å². The molecule has 0 aliphatic carbocycles. The molecule has 3 atom stereocenters. The predicted octanol–water partition coefficient (Wildman–Crippen LogP) is 20.3. The van der Waals surface area contributed by atoms with Crippen LogP contribution in [-0.2, 0) is 42.2 Å². The number of phosphoric acid groups is 1. The summed E-state index contributed by atoms with van der Waals surface area (Å²) in [5.41, 5.74) is 0. The summed E-state index contributed by atoms with van der Waals surface area (Å²) in [6.07, 6.45) is 70.3. The molecule has 0 bridgehead atoms. The zero-order valence-electron chi connectivity index (χ0n) is 51.8. The first-order valence-corrected chi connectivity index (χ1v) is 34.7. The number of carbonyl (C=O) groups is 3. The van der Waals surface area contributed by atoms with Gasteiger partial charge in [0.15, 0.2) is 6.10 Å². The van der Waals surface area contributed by atoms with Crippen LogP contribution in [0.2, 0.25) is 0 Å². The van der Waals surface area contributed by atoms with Crippen molar-refractivity contribution in [2.75, 3.05) is 26.4 Å². The molecule has 0 amide bonds. The minimum Gasteiger partial charge on any atom is -0.462 e. The summed E-state index contributed by atoms with van der Waals surface area (Å²) in [6, 6.07) is 0. The van der Waals surface area contributed by atoms with Gasteiger partial charge < -0.3 is 24.2 Å². The van der Waals surface area contributed by atoms with Crippen LogP contribution in [0.5, 0.6) is 0 Å². The number of hydrogen-bond donors (Lipinski definition) is 2. The zero-order chi connectivity index (χ0) is 58.3. The van der Waals surface area contributed by atoms with Crippen LogP contribution in [0.1, 0.15) is 316 Å². The van der Waals surface area contributed by atoms with Gasteiger partial charge in [-0.15, -0.1) is 0 Å². The van der Waals surface area contributed by atoms with Gasteiger partial charge in [-0.05, 0) is 64.2 Å². The second-order valence-corrected chi connectivity index (χ2v) is 23.7. The number of hydrogen-bond acceptors (Lipinski definition) is 10. The Morgan fingerprint density at radius 3 is 1.00 bits per heavy atom. The smallest absolute Gasteiger partial charge is 0.462 e. The molecule has 0 aromatic carbocycles. The van der Waals surface area contributed by atoms with Gasteiger partial charge in [-0.3, -0.25) is 23.4 Å². The number of allylic oxidation sites excluding steroid dienone is 10. The quantitative estimate of drug-likeness (QED) is 0.0197. The van der Waals surface area contributed by atoms with E-state index in [1.807, 2.05) is 0 Å². The van der Waals surface area contributed by atoms with E-state index >= 15 is 0 Å². The number of carbonyl (C=O) groups excluding carboxylic acids is 3. The Labute approximate surface area is 491 Å². The fraction of sp³-hybridized carbons (Fsp3) is 0.809. The van der Waals surface area contributed by atoms with Crippen LogP contribution in [0, 0.1) is 0 Å². The molecular formula is C68H123O11P. The SMILES string of the molecule is CC/C=C\C/C=C\C/C=C\C/C=C\C/C=C\CCCCCC(=O)OCC(COP(=O)(O)OCC(CO)OC(=O)CCCCCCCCCCCCCCCCC)OC(=O)CCCCCCCCCCCCCCCCCCCCC. The minimum atomic E-state index is -4.76. The number of phosphoric ester groups is 1. The summed E-state index contributed by atoms with van der Waals surface area (Å²) in [7, 11) is -4.76. The van der Waals surface area contributed by atoms with Crippen molar-refractivity contribution in [1.29, 1.82) is 0 Å². The molecule has 0 rings (SSSR count).